The fourth-order valence-corrected chi connectivity index (χ4v) is 6.50. The first-order valence-electron chi connectivity index (χ1n) is 14.3. The van der Waals surface area contributed by atoms with Gasteiger partial charge in [-0.3, -0.25) is 9.79 Å². The summed E-state index contributed by atoms with van der Waals surface area (Å²) < 4.78 is 21.0. The van der Waals surface area contributed by atoms with Crippen molar-refractivity contribution in [2.75, 3.05) is 5.32 Å². The molecular formula is C32H26FN7O2S. The van der Waals surface area contributed by atoms with E-state index in [0.29, 0.717) is 28.5 Å². The number of nitrogens with one attached hydrogen (secondary N) is 1. The maximum Gasteiger partial charge on any atom is 0.317 e. The number of aromatic nitrogens is 5. The van der Waals surface area contributed by atoms with E-state index >= 15 is 0 Å². The highest BCUT2D eigenvalue weighted by Crippen LogP contribution is 2.52. The number of ketones is 1. The third-order valence-corrected chi connectivity index (χ3v) is 9.65. The van der Waals surface area contributed by atoms with E-state index in [9.17, 15) is 9.18 Å². The summed E-state index contributed by atoms with van der Waals surface area (Å²) >= 11 is 1.60. The average molecular weight is 592 g/mol. The summed E-state index contributed by atoms with van der Waals surface area (Å²) in [6, 6.07) is 14.2. The van der Waals surface area contributed by atoms with Crippen LogP contribution in [-0.2, 0) is 16.6 Å². The van der Waals surface area contributed by atoms with Gasteiger partial charge < -0.3 is 9.73 Å². The van der Waals surface area contributed by atoms with E-state index in [4.69, 9.17) is 14.4 Å². The predicted octanol–water partition coefficient (Wildman–Crippen LogP) is 6.12. The molecule has 0 radical (unpaired) electrons. The zero-order chi connectivity index (χ0) is 29.1. The molecule has 2 aromatic carbocycles. The second-order valence-corrected chi connectivity index (χ2v) is 12.6. The number of benzene rings is 2. The van der Waals surface area contributed by atoms with Crippen molar-refractivity contribution < 1.29 is 13.6 Å². The molecule has 0 saturated heterocycles. The molecule has 0 unspecified atom stereocenters. The van der Waals surface area contributed by atoms with Gasteiger partial charge in [0.15, 0.2) is 11.9 Å². The number of fused-ring (bicyclic) bond motifs is 1. The Bertz CT molecular complexity index is 1890. The summed E-state index contributed by atoms with van der Waals surface area (Å²) in [5, 5.41) is 12.5. The number of aliphatic imine (C=N–C) groups is 1. The molecule has 9 nitrogen and oxygen atoms in total. The van der Waals surface area contributed by atoms with Crippen LogP contribution < -0.4 is 5.32 Å². The maximum atomic E-state index is 14.9. The summed E-state index contributed by atoms with van der Waals surface area (Å²) in [6.07, 6.45) is 6.90. The predicted molar refractivity (Wildman–Crippen MR) is 160 cm³/mol. The Morgan fingerprint density at radius 1 is 1.00 bits per heavy atom. The van der Waals surface area contributed by atoms with Crippen LogP contribution >= 0.6 is 11.3 Å². The number of anilines is 1. The number of carbonyl (C=O) groups excluding carboxylic acids is 1. The van der Waals surface area contributed by atoms with Crippen molar-refractivity contribution in [3.63, 3.8) is 0 Å². The molecule has 43 heavy (non-hydrogen) atoms. The van der Waals surface area contributed by atoms with Crippen molar-refractivity contribution in [2.45, 2.75) is 56.5 Å². The molecule has 2 fully saturated rings. The lowest BCUT2D eigenvalue weighted by Gasteiger charge is -2.11. The lowest BCUT2D eigenvalue weighted by Crippen LogP contribution is -2.29. The quantitative estimate of drug-likeness (QED) is 0.241. The van der Waals surface area contributed by atoms with E-state index in [1.807, 2.05) is 42.7 Å². The summed E-state index contributed by atoms with van der Waals surface area (Å²) in [5.41, 5.74) is 3.62. The summed E-state index contributed by atoms with van der Waals surface area (Å²) in [6.45, 7) is 2.20. The highest BCUT2D eigenvalue weighted by atomic mass is 32.1. The van der Waals surface area contributed by atoms with Crippen LogP contribution in [0.2, 0.25) is 0 Å². The summed E-state index contributed by atoms with van der Waals surface area (Å²) in [7, 11) is 0. The Labute approximate surface area is 250 Å². The first-order valence-corrected chi connectivity index (χ1v) is 15.1. The topological polar surface area (TPSA) is 119 Å². The molecule has 0 amide bonds. The van der Waals surface area contributed by atoms with Crippen molar-refractivity contribution in [1.29, 1.82) is 0 Å². The van der Waals surface area contributed by atoms with Crippen LogP contribution in [-0.4, -0.2) is 42.8 Å². The molecule has 2 saturated carbocycles. The van der Waals surface area contributed by atoms with Gasteiger partial charge in [-0.25, -0.2) is 19.3 Å². The lowest BCUT2D eigenvalue weighted by atomic mass is 9.95. The fraction of sp³-hybridized carbons (Fsp3) is 0.281. The zero-order valence-electron chi connectivity index (χ0n) is 23.2. The van der Waals surface area contributed by atoms with Crippen LogP contribution in [0.5, 0.6) is 0 Å². The first-order chi connectivity index (χ1) is 20.9. The SMILES string of the molecule is CC1(c2nc(-c3nnc(N[C@@H]4N=C(c5ccccc5)c5cccc(F)c5CC4=O)o3)c(-c3cnc(C4CC4)nc3)s2)CC1. The molecule has 4 heterocycles. The molecule has 3 aliphatic rings. The number of thiazole rings is 1. The maximum absolute atomic E-state index is 14.9. The normalized spacial score (nSPS) is 19.0. The van der Waals surface area contributed by atoms with Crippen molar-refractivity contribution >= 4 is 28.8 Å². The number of rotatable bonds is 7. The molecule has 214 valence electrons. The number of nitrogens with zero attached hydrogens (tertiary/aromatic N) is 6. The van der Waals surface area contributed by atoms with Crippen LogP contribution in [0.25, 0.3) is 22.0 Å². The highest BCUT2D eigenvalue weighted by molar-refractivity contribution is 7.15. The minimum atomic E-state index is -1.06. The highest BCUT2D eigenvalue weighted by Gasteiger charge is 2.43. The Hall–Kier alpha value is -4.64. The molecule has 1 aliphatic heterocycles. The molecule has 0 bridgehead atoms. The molecule has 5 aromatic rings. The van der Waals surface area contributed by atoms with Crippen molar-refractivity contribution in [1.82, 2.24) is 25.1 Å². The first kappa shape index (κ1) is 26.0. The number of hydrogen-bond acceptors (Lipinski definition) is 10. The number of carbonyl (C=O) groups is 1. The van der Waals surface area contributed by atoms with E-state index in [-0.39, 0.29) is 29.5 Å². The largest absolute Gasteiger partial charge is 0.402 e. The van der Waals surface area contributed by atoms with Gasteiger partial charge >= 0.3 is 6.01 Å². The third-order valence-electron chi connectivity index (χ3n) is 8.24. The summed E-state index contributed by atoms with van der Waals surface area (Å²) in [4.78, 5) is 33.1. The molecule has 1 atom stereocenters. The number of hydrogen-bond donors (Lipinski definition) is 1. The molecule has 8 rings (SSSR count). The average Bonchev–Trinajstić information content (AvgIpc) is 3.93. The van der Waals surface area contributed by atoms with Gasteiger partial charge in [-0.15, -0.1) is 16.4 Å². The fourth-order valence-electron chi connectivity index (χ4n) is 5.26. The molecule has 3 aromatic heterocycles. The van der Waals surface area contributed by atoms with Crippen LogP contribution in [0.15, 0.2) is 70.3 Å². The molecule has 11 heteroatoms. The van der Waals surface area contributed by atoms with Gasteiger partial charge in [0.25, 0.3) is 5.89 Å². The Morgan fingerprint density at radius 2 is 1.79 bits per heavy atom. The van der Waals surface area contributed by atoms with E-state index in [2.05, 4.69) is 32.4 Å². The van der Waals surface area contributed by atoms with E-state index < -0.39 is 12.0 Å². The third kappa shape index (κ3) is 4.83. The van der Waals surface area contributed by atoms with Crippen LogP contribution in [0.1, 0.15) is 66.0 Å². The van der Waals surface area contributed by atoms with Crippen LogP contribution in [0.3, 0.4) is 0 Å². The summed E-state index contributed by atoms with van der Waals surface area (Å²) in [5.74, 6) is 0.794. The Balaban J connectivity index is 1.14. The Morgan fingerprint density at radius 3 is 2.53 bits per heavy atom. The van der Waals surface area contributed by atoms with Gasteiger partial charge in [0.2, 0.25) is 0 Å². The van der Waals surface area contributed by atoms with Gasteiger partial charge in [-0.2, -0.15) is 0 Å². The van der Waals surface area contributed by atoms with Crippen LogP contribution in [0.4, 0.5) is 10.4 Å². The second kappa shape index (κ2) is 9.98. The Kier molecular flexibility index (Phi) is 6.04. The van der Waals surface area contributed by atoms with Crippen LogP contribution in [0, 0.1) is 5.82 Å². The van der Waals surface area contributed by atoms with E-state index in [1.165, 1.54) is 6.07 Å². The zero-order valence-corrected chi connectivity index (χ0v) is 24.1. The minimum absolute atomic E-state index is 0.0226. The van der Waals surface area contributed by atoms with E-state index in [0.717, 1.165) is 52.5 Å². The standard InChI is InChI=1S/C32H26FN7O2S/c1-32(12-13-32)30-37-25(26(43-30)19-15-34-27(35-16-19)18-10-11-18)29-39-40-31(42-29)38-28-23(41)14-21-20(8-5-9-22(21)33)24(36-28)17-6-3-2-4-7-17/h2-9,15-16,18,28H,10-14H2,1H3,(H,38,40)/t28-/m0/s1. The molecule has 1 N–H and O–H groups in total. The minimum Gasteiger partial charge on any atom is -0.402 e. The molecular weight excluding hydrogens is 565 g/mol. The second-order valence-electron chi connectivity index (χ2n) is 11.6. The lowest BCUT2D eigenvalue weighted by molar-refractivity contribution is -0.119. The van der Waals surface area contributed by atoms with Gasteiger partial charge in [0, 0.05) is 52.4 Å². The van der Waals surface area contributed by atoms with Gasteiger partial charge in [0.05, 0.1) is 15.6 Å². The van der Waals surface area contributed by atoms with E-state index in [1.54, 1.807) is 23.5 Å². The van der Waals surface area contributed by atoms with Crippen molar-refractivity contribution in [3.8, 4) is 22.0 Å². The molecule has 0 spiro atoms. The smallest absolute Gasteiger partial charge is 0.317 e. The monoisotopic (exact) mass is 591 g/mol. The van der Waals surface area contributed by atoms with Crippen molar-refractivity contribution in [3.05, 3.63) is 94.3 Å². The van der Waals surface area contributed by atoms with Crippen molar-refractivity contribution in [2.24, 2.45) is 4.99 Å². The molecule has 2 aliphatic carbocycles. The van der Waals surface area contributed by atoms with Gasteiger partial charge in [-0.1, -0.05) is 54.5 Å². The number of Topliss-reactive ketones (excluding diaryl/α,β-unsaturated/α-hetero) is 1. The van der Waals surface area contributed by atoms with Gasteiger partial charge in [-0.05, 0) is 31.7 Å². The number of halogens is 1. The van der Waals surface area contributed by atoms with Gasteiger partial charge in [0.1, 0.15) is 17.3 Å².